The second-order valence-electron chi connectivity index (χ2n) is 3.11. The highest BCUT2D eigenvalue weighted by Crippen LogP contribution is 1.43. The second kappa shape index (κ2) is 37.4. The summed E-state index contributed by atoms with van der Waals surface area (Å²) >= 11 is 0. The molecule has 0 amide bonds. The highest BCUT2D eigenvalue weighted by molar-refractivity contribution is 5.85. The van der Waals surface area contributed by atoms with Crippen molar-refractivity contribution in [3.8, 4) is 0 Å². The van der Waals surface area contributed by atoms with Crippen LogP contribution in [0.3, 0.4) is 0 Å². The minimum atomic E-state index is -0.833. The van der Waals surface area contributed by atoms with Gasteiger partial charge < -0.3 is 30.6 Å². The Bertz CT molecular complexity index is 261. The van der Waals surface area contributed by atoms with Gasteiger partial charge in [0.25, 0.3) is 35.8 Å². The van der Waals surface area contributed by atoms with E-state index in [1.54, 1.807) is 0 Å². The summed E-state index contributed by atoms with van der Waals surface area (Å²) in [5, 5.41) is 44.5. The van der Waals surface area contributed by atoms with Crippen molar-refractivity contribution in [3.05, 3.63) is 0 Å². The highest BCUT2D eigenvalue weighted by Gasteiger charge is 1.67. The third-order valence-corrected chi connectivity index (χ3v) is 0. The highest BCUT2D eigenvalue weighted by atomic mass is 35.5. The molecule has 0 heterocycles. The van der Waals surface area contributed by atoms with E-state index in [2.05, 4.69) is 0 Å². The van der Waals surface area contributed by atoms with E-state index in [-0.39, 0.29) is 12.4 Å². The van der Waals surface area contributed by atoms with Gasteiger partial charge in [0.2, 0.25) is 0 Å². The van der Waals surface area contributed by atoms with Crippen LogP contribution in [0.1, 0.15) is 41.5 Å². The van der Waals surface area contributed by atoms with Gasteiger partial charge in [-0.1, -0.05) is 0 Å². The van der Waals surface area contributed by atoms with Crippen LogP contribution in [0.25, 0.3) is 0 Å². The zero-order chi connectivity index (χ0) is 21.5. The lowest BCUT2D eigenvalue weighted by atomic mass is 10.9. The topological polar surface area (TPSA) is 224 Å². The van der Waals surface area contributed by atoms with Gasteiger partial charge in [-0.25, -0.2) is 0 Å². The van der Waals surface area contributed by atoms with E-state index < -0.39 is 35.8 Å². The lowest BCUT2D eigenvalue weighted by Gasteiger charge is -1.59. The van der Waals surface area contributed by atoms with Crippen molar-refractivity contribution in [1.82, 2.24) is 0 Å². The van der Waals surface area contributed by atoms with Gasteiger partial charge in [-0.15, -0.1) is 12.4 Å². The molecule has 0 atom stereocenters. The number of rotatable bonds is 0. The maximum atomic E-state index is 9.00. The van der Waals surface area contributed by atoms with Gasteiger partial charge in [0.05, 0.1) is 0 Å². The lowest BCUT2D eigenvalue weighted by Crippen LogP contribution is -1.78. The molecule has 0 aliphatic heterocycles. The molecule has 0 rings (SSSR count). The van der Waals surface area contributed by atoms with Crippen molar-refractivity contribution in [2.45, 2.75) is 41.5 Å². The Labute approximate surface area is 150 Å². The van der Waals surface area contributed by atoms with Crippen molar-refractivity contribution >= 4 is 48.2 Å². The van der Waals surface area contributed by atoms with Crippen LogP contribution in [0.4, 0.5) is 0 Å². The van der Waals surface area contributed by atoms with Crippen molar-refractivity contribution in [2.75, 3.05) is 0 Å². The van der Waals surface area contributed by atoms with E-state index in [9.17, 15) is 0 Å². The summed E-state index contributed by atoms with van der Waals surface area (Å²) in [5.74, 6) is -5.00. The number of hydrogen-bond donors (Lipinski definition) is 6. The Hall–Kier alpha value is -2.89. The first-order chi connectivity index (χ1) is 10.4. The molecule has 0 fully saturated rings. The molecule has 12 nitrogen and oxygen atoms in total. The number of carboxylic acids is 6. The Morgan fingerprint density at radius 3 is 0.360 bits per heavy atom. The molecule has 0 radical (unpaired) electrons. The van der Waals surface area contributed by atoms with Crippen LogP contribution in [0.15, 0.2) is 0 Å². The number of halogens is 1. The first kappa shape index (κ1) is 43.2. The van der Waals surface area contributed by atoms with E-state index in [1.165, 1.54) is 0 Å². The fourth-order valence-electron chi connectivity index (χ4n) is 0. The minimum absolute atomic E-state index is 0. The number of carbonyl (C=O) groups is 6. The molecule has 0 aromatic heterocycles. The van der Waals surface area contributed by atoms with Gasteiger partial charge >= 0.3 is 0 Å². The average molecular weight is 397 g/mol. The summed E-state index contributed by atoms with van der Waals surface area (Å²) in [7, 11) is 0. The van der Waals surface area contributed by atoms with Crippen LogP contribution in [0, 0.1) is 0 Å². The van der Waals surface area contributed by atoms with Gasteiger partial charge in [0.15, 0.2) is 0 Å². The lowest BCUT2D eigenvalue weighted by molar-refractivity contribution is -0.135. The van der Waals surface area contributed by atoms with Crippen LogP contribution < -0.4 is 0 Å². The molecule has 152 valence electrons. The van der Waals surface area contributed by atoms with Gasteiger partial charge in [-0.05, 0) is 0 Å². The van der Waals surface area contributed by atoms with E-state index in [1.807, 2.05) is 0 Å². The molecule has 0 spiro atoms. The molecule has 0 aromatic carbocycles. The monoisotopic (exact) mass is 396 g/mol. The molecule has 6 N–H and O–H groups in total. The van der Waals surface area contributed by atoms with E-state index in [4.69, 9.17) is 59.4 Å². The van der Waals surface area contributed by atoms with Crippen LogP contribution in [-0.2, 0) is 28.8 Å². The smallest absolute Gasteiger partial charge is 0.300 e. The zero-order valence-corrected chi connectivity index (χ0v) is 15.4. The van der Waals surface area contributed by atoms with Crippen molar-refractivity contribution < 1.29 is 59.4 Å². The van der Waals surface area contributed by atoms with E-state index in [0.29, 0.717) is 0 Å². The molecule has 0 unspecified atom stereocenters. The predicted octanol–water partition coefficient (Wildman–Crippen LogP) is 0.967. The van der Waals surface area contributed by atoms with Crippen LogP contribution in [0.2, 0.25) is 0 Å². The standard InChI is InChI=1S/6C2H4O2.ClH/c6*1-2(3)4;/h6*1H3,(H,3,4);1H. The Balaban J connectivity index is -0.0000000309. The SMILES string of the molecule is CC(=O)O.CC(=O)O.CC(=O)O.CC(=O)O.CC(=O)O.CC(=O)O.Cl. The molecule has 0 aromatic rings. The van der Waals surface area contributed by atoms with Crippen molar-refractivity contribution in [3.63, 3.8) is 0 Å². The Morgan fingerprint density at radius 2 is 0.360 bits per heavy atom. The normalized spacial score (nSPS) is 6.00. The summed E-state index contributed by atoms with van der Waals surface area (Å²) in [6.45, 7) is 6.50. The summed E-state index contributed by atoms with van der Waals surface area (Å²) in [4.78, 5) is 54.0. The van der Waals surface area contributed by atoms with Crippen molar-refractivity contribution in [1.29, 1.82) is 0 Å². The van der Waals surface area contributed by atoms with Gasteiger partial charge in [-0.3, -0.25) is 28.8 Å². The first-order valence-corrected chi connectivity index (χ1v) is 5.57. The summed E-state index contributed by atoms with van der Waals surface area (Å²) in [6, 6.07) is 0. The van der Waals surface area contributed by atoms with Crippen LogP contribution in [-0.4, -0.2) is 66.5 Å². The molecule has 0 aliphatic carbocycles. The van der Waals surface area contributed by atoms with Crippen LogP contribution in [0.5, 0.6) is 0 Å². The number of aliphatic carboxylic acids is 6. The molecule has 0 saturated carbocycles. The maximum absolute atomic E-state index is 9.00. The van der Waals surface area contributed by atoms with Gasteiger partial charge in [-0.2, -0.15) is 0 Å². The molecule has 13 heteroatoms. The largest absolute Gasteiger partial charge is 0.481 e. The number of carboxylic acid groups (broad SMARTS) is 6. The fraction of sp³-hybridized carbons (Fsp3) is 0.500. The summed E-state index contributed by atoms with van der Waals surface area (Å²) in [5.41, 5.74) is 0. The fourth-order valence-corrected chi connectivity index (χ4v) is 0. The Morgan fingerprint density at radius 1 is 0.360 bits per heavy atom. The first-order valence-electron chi connectivity index (χ1n) is 5.57. The Kier molecular flexibility index (Phi) is 64.5. The zero-order valence-electron chi connectivity index (χ0n) is 14.5. The molecule has 0 aliphatic rings. The maximum Gasteiger partial charge on any atom is 0.300 e. The summed E-state index contributed by atoms with van der Waals surface area (Å²) in [6.07, 6.45) is 0. The molecule has 25 heavy (non-hydrogen) atoms. The van der Waals surface area contributed by atoms with E-state index in [0.717, 1.165) is 41.5 Å². The third kappa shape index (κ3) is 923. The van der Waals surface area contributed by atoms with Gasteiger partial charge in [0, 0.05) is 41.5 Å². The van der Waals surface area contributed by atoms with Gasteiger partial charge in [0.1, 0.15) is 0 Å². The second-order valence-corrected chi connectivity index (χ2v) is 3.11. The molecule has 0 saturated heterocycles. The summed E-state index contributed by atoms with van der Waals surface area (Å²) < 4.78 is 0. The molecular weight excluding hydrogens is 372 g/mol. The number of hydrogen-bond acceptors (Lipinski definition) is 6. The van der Waals surface area contributed by atoms with Crippen molar-refractivity contribution in [2.24, 2.45) is 0 Å². The molecular formula is C12H25ClO12. The van der Waals surface area contributed by atoms with Crippen LogP contribution >= 0.6 is 12.4 Å². The average Bonchev–Trinajstić information content (AvgIpc) is 2.08. The molecule has 0 bridgehead atoms. The minimum Gasteiger partial charge on any atom is -0.481 e. The quantitative estimate of drug-likeness (QED) is 0.336. The third-order valence-electron chi connectivity index (χ3n) is 0. The predicted molar refractivity (Wildman–Crippen MR) is 87.1 cm³/mol. The van der Waals surface area contributed by atoms with E-state index >= 15 is 0 Å².